The van der Waals surface area contributed by atoms with Crippen LogP contribution in [-0.4, -0.2) is 42.0 Å². The van der Waals surface area contributed by atoms with Gasteiger partial charge in [0.1, 0.15) is 0 Å². The standard InChI is InChI=1S/C22H24N4O2/c1-16-7-9-17(10-8-16)21-15-19(24-25(21)2)22(27)23-18-5-3-4-6-20(18)26-11-13-28-14-12-26/h3-10,15H,11-14H2,1-2H3,(H,23,27). The average Bonchev–Trinajstić information content (AvgIpc) is 3.11. The molecule has 2 aromatic carbocycles. The highest BCUT2D eigenvalue weighted by molar-refractivity contribution is 6.05. The zero-order chi connectivity index (χ0) is 19.5. The van der Waals surface area contributed by atoms with E-state index in [0.29, 0.717) is 18.9 Å². The van der Waals surface area contributed by atoms with Crippen LogP contribution in [0.2, 0.25) is 0 Å². The molecule has 0 atom stereocenters. The number of benzene rings is 2. The predicted octanol–water partition coefficient (Wildman–Crippen LogP) is 3.48. The number of carbonyl (C=O) groups excluding carboxylic acids is 1. The summed E-state index contributed by atoms with van der Waals surface area (Å²) in [5, 5.41) is 7.45. The normalized spacial score (nSPS) is 14.1. The molecule has 1 fully saturated rings. The smallest absolute Gasteiger partial charge is 0.276 e. The number of morpholine rings is 1. The maximum Gasteiger partial charge on any atom is 0.276 e. The van der Waals surface area contributed by atoms with E-state index in [1.165, 1.54) is 5.56 Å². The summed E-state index contributed by atoms with van der Waals surface area (Å²) in [6, 6.07) is 17.9. The Kier molecular flexibility index (Phi) is 5.12. The van der Waals surface area contributed by atoms with Gasteiger partial charge in [-0.1, -0.05) is 42.0 Å². The van der Waals surface area contributed by atoms with Gasteiger partial charge in [-0.15, -0.1) is 0 Å². The van der Waals surface area contributed by atoms with E-state index in [2.05, 4.69) is 34.4 Å². The third-order valence-corrected chi connectivity index (χ3v) is 4.96. The Labute approximate surface area is 164 Å². The van der Waals surface area contributed by atoms with Crippen molar-refractivity contribution in [2.75, 3.05) is 36.5 Å². The van der Waals surface area contributed by atoms with Crippen molar-refractivity contribution in [1.82, 2.24) is 9.78 Å². The van der Waals surface area contributed by atoms with Crippen LogP contribution in [0.1, 0.15) is 16.1 Å². The summed E-state index contributed by atoms with van der Waals surface area (Å²) in [6.45, 7) is 5.07. The largest absolute Gasteiger partial charge is 0.378 e. The molecule has 2 heterocycles. The molecule has 28 heavy (non-hydrogen) atoms. The van der Waals surface area contributed by atoms with Crippen LogP contribution in [-0.2, 0) is 11.8 Å². The van der Waals surface area contributed by atoms with E-state index in [9.17, 15) is 4.79 Å². The van der Waals surface area contributed by atoms with Crippen LogP contribution in [0.3, 0.4) is 0 Å². The first-order valence-electron chi connectivity index (χ1n) is 9.46. The Hall–Kier alpha value is -3.12. The molecule has 3 aromatic rings. The molecule has 1 amide bonds. The van der Waals surface area contributed by atoms with Gasteiger partial charge in [0.25, 0.3) is 5.91 Å². The maximum absolute atomic E-state index is 12.9. The van der Waals surface area contributed by atoms with Crippen LogP contribution in [0.15, 0.2) is 54.6 Å². The Morgan fingerprint density at radius 1 is 1.07 bits per heavy atom. The number of anilines is 2. The lowest BCUT2D eigenvalue weighted by molar-refractivity contribution is 0.102. The lowest BCUT2D eigenvalue weighted by atomic mass is 10.1. The van der Waals surface area contributed by atoms with Crippen LogP contribution >= 0.6 is 0 Å². The molecule has 6 heteroatoms. The highest BCUT2D eigenvalue weighted by Gasteiger charge is 2.18. The molecule has 0 bridgehead atoms. The summed E-state index contributed by atoms with van der Waals surface area (Å²) >= 11 is 0. The Bertz CT molecular complexity index is 972. The van der Waals surface area contributed by atoms with Crippen LogP contribution in [0, 0.1) is 6.92 Å². The first-order chi connectivity index (χ1) is 13.6. The fraction of sp³-hybridized carbons (Fsp3) is 0.273. The topological polar surface area (TPSA) is 59.4 Å². The second-order valence-electron chi connectivity index (χ2n) is 6.98. The molecule has 4 rings (SSSR count). The number of amides is 1. The molecule has 0 spiro atoms. The quantitative estimate of drug-likeness (QED) is 0.757. The molecule has 0 radical (unpaired) electrons. The van der Waals surface area contributed by atoms with Gasteiger partial charge in [0.2, 0.25) is 0 Å². The van der Waals surface area contributed by atoms with Gasteiger partial charge in [-0.3, -0.25) is 9.48 Å². The van der Waals surface area contributed by atoms with Crippen molar-refractivity contribution in [3.05, 3.63) is 65.9 Å². The number of rotatable bonds is 4. The molecule has 144 valence electrons. The monoisotopic (exact) mass is 376 g/mol. The lowest BCUT2D eigenvalue weighted by Gasteiger charge is -2.30. The van der Waals surface area contributed by atoms with Gasteiger partial charge in [-0.05, 0) is 30.7 Å². The number of hydrogen-bond acceptors (Lipinski definition) is 4. The Balaban J connectivity index is 1.56. The molecular formula is C22H24N4O2. The maximum atomic E-state index is 12.9. The molecule has 1 saturated heterocycles. The predicted molar refractivity (Wildman–Crippen MR) is 111 cm³/mol. The van der Waals surface area contributed by atoms with E-state index in [-0.39, 0.29) is 5.91 Å². The van der Waals surface area contributed by atoms with Crippen LogP contribution in [0.5, 0.6) is 0 Å². The Morgan fingerprint density at radius 3 is 2.54 bits per heavy atom. The number of aromatic nitrogens is 2. The number of carbonyl (C=O) groups is 1. The number of hydrogen-bond donors (Lipinski definition) is 1. The van der Waals surface area contributed by atoms with Gasteiger partial charge in [0, 0.05) is 20.1 Å². The van der Waals surface area contributed by atoms with E-state index in [0.717, 1.165) is 35.7 Å². The molecule has 1 aromatic heterocycles. The molecule has 1 N–H and O–H groups in total. The van der Waals surface area contributed by atoms with Crippen molar-refractivity contribution < 1.29 is 9.53 Å². The van der Waals surface area contributed by atoms with Gasteiger partial charge < -0.3 is 15.0 Å². The van der Waals surface area contributed by atoms with Gasteiger partial charge in [0.05, 0.1) is 30.3 Å². The summed E-state index contributed by atoms with van der Waals surface area (Å²) in [5.41, 5.74) is 5.34. The van der Waals surface area contributed by atoms with Gasteiger partial charge in [-0.25, -0.2) is 0 Å². The molecule has 0 aliphatic carbocycles. The van der Waals surface area contributed by atoms with Crippen molar-refractivity contribution in [3.8, 4) is 11.3 Å². The minimum atomic E-state index is -0.213. The third kappa shape index (κ3) is 3.77. The molecule has 1 aliphatic rings. The zero-order valence-corrected chi connectivity index (χ0v) is 16.2. The molecule has 6 nitrogen and oxygen atoms in total. The fourth-order valence-electron chi connectivity index (χ4n) is 3.42. The zero-order valence-electron chi connectivity index (χ0n) is 16.2. The summed E-state index contributed by atoms with van der Waals surface area (Å²) in [6.07, 6.45) is 0. The number of aryl methyl sites for hydroxylation is 2. The summed E-state index contributed by atoms with van der Waals surface area (Å²) < 4.78 is 7.18. The average molecular weight is 376 g/mol. The summed E-state index contributed by atoms with van der Waals surface area (Å²) in [7, 11) is 1.85. The van der Waals surface area contributed by atoms with Gasteiger partial charge in [0.15, 0.2) is 5.69 Å². The summed E-state index contributed by atoms with van der Waals surface area (Å²) in [5.74, 6) is -0.213. The van der Waals surface area contributed by atoms with Crippen molar-refractivity contribution in [3.63, 3.8) is 0 Å². The van der Waals surface area contributed by atoms with Crippen molar-refractivity contribution in [2.24, 2.45) is 7.05 Å². The lowest BCUT2D eigenvalue weighted by Crippen LogP contribution is -2.36. The van der Waals surface area contributed by atoms with E-state index >= 15 is 0 Å². The molecule has 0 unspecified atom stereocenters. The van der Waals surface area contributed by atoms with Crippen molar-refractivity contribution in [2.45, 2.75) is 6.92 Å². The second-order valence-corrected chi connectivity index (χ2v) is 6.98. The molecular weight excluding hydrogens is 352 g/mol. The number of nitrogens with zero attached hydrogens (tertiary/aromatic N) is 3. The second kappa shape index (κ2) is 7.86. The number of para-hydroxylation sites is 2. The molecule has 1 aliphatic heterocycles. The van der Waals surface area contributed by atoms with E-state index in [1.54, 1.807) is 4.68 Å². The highest BCUT2D eigenvalue weighted by atomic mass is 16.5. The van der Waals surface area contributed by atoms with Gasteiger partial charge >= 0.3 is 0 Å². The first kappa shape index (κ1) is 18.3. The van der Waals surface area contributed by atoms with E-state index < -0.39 is 0 Å². The molecule has 0 saturated carbocycles. The third-order valence-electron chi connectivity index (χ3n) is 4.96. The number of ether oxygens (including phenoxy) is 1. The van der Waals surface area contributed by atoms with Crippen LogP contribution < -0.4 is 10.2 Å². The van der Waals surface area contributed by atoms with Crippen molar-refractivity contribution >= 4 is 17.3 Å². The number of nitrogens with one attached hydrogen (secondary N) is 1. The van der Waals surface area contributed by atoms with E-state index in [4.69, 9.17) is 4.74 Å². The minimum absolute atomic E-state index is 0.213. The first-order valence-corrected chi connectivity index (χ1v) is 9.46. The Morgan fingerprint density at radius 2 is 1.79 bits per heavy atom. The summed E-state index contributed by atoms with van der Waals surface area (Å²) in [4.78, 5) is 15.1. The van der Waals surface area contributed by atoms with Crippen LogP contribution in [0.4, 0.5) is 11.4 Å². The van der Waals surface area contributed by atoms with Crippen molar-refractivity contribution in [1.29, 1.82) is 0 Å². The minimum Gasteiger partial charge on any atom is -0.378 e. The van der Waals surface area contributed by atoms with Gasteiger partial charge in [-0.2, -0.15) is 5.10 Å². The SMILES string of the molecule is Cc1ccc(-c2cc(C(=O)Nc3ccccc3N3CCOCC3)nn2C)cc1. The van der Waals surface area contributed by atoms with E-state index in [1.807, 2.05) is 49.5 Å². The van der Waals surface area contributed by atoms with Crippen LogP contribution in [0.25, 0.3) is 11.3 Å². The fourth-order valence-corrected chi connectivity index (χ4v) is 3.42. The highest BCUT2D eigenvalue weighted by Crippen LogP contribution is 2.27.